The number of anilines is 2. The van der Waals surface area contributed by atoms with Gasteiger partial charge in [0.2, 0.25) is 0 Å². The van der Waals surface area contributed by atoms with Gasteiger partial charge < -0.3 is 24.9 Å². The van der Waals surface area contributed by atoms with Gasteiger partial charge in [-0.05, 0) is 87.4 Å². The van der Waals surface area contributed by atoms with Crippen molar-refractivity contribution < 1.29 is 42.3 Å². The average Bonchev–Trinajstić information content (AvgIpc) is 2.94. The number of aliphatic hydroxyl groups is 1. The third-order valence-electron chi connectivity index (χ3n) is 7.28. The molecule has 0 bridgehead atoms. The minimum absolute atomic E-state index is 0.146. The maximum absolute atomic E-state index is 13.1. The molecule has 0 spiro atoms. The molecule has 3 aromatic rings. The molecule has 3 aromatic heterocycles. The van der Waals surface area contributed by atoms with Crippen LogP contribution in [0.15, 0.2) is 48.8 Å². The van der Waals surface area contributed by atoms with E-state index in [2.05, 4.69) is 24.8 Å². The van der Waals surface area contributed by atoms with Crippen LogP contribution in [-0.2, 0) is 24.2 Å². The zero-order valence-electron chi connectivity index (χ0n) is 23.1. The smallest absolute Gasteiger partial charge is 0.463 e. The van der Waals surface area contributed by atoms with Crippen molar-refractivity contribution in [1.82, 2.24) is 15.0 Å². The van der Waals surface area contributed by atoms with E-state index in [1.165, 1.54) is 18.3 Å². The van der Waals surface area contributed by atoms with Crippen molar-refractivity contribution in [1.29, 1.82) is 0 Å². The molecule has 1 saturated carbocycles. The van der Waals surface area contributed by atoms with Gasteiger partial charge >= 0.3 is 13.8 Å². The first kappa shape index (κ1) is 31.6. The summed E-state index contributed by atoms with van der Waals surface area (Å²) in [6, 6.07) is 9.71. The lowest BCUT2D eigenvalue weighted by Crippen LogP contribution is -2.37. The fourth-order valence-electron chi connectivity index (χ4n) is 5.02. The van der Waals surface area contributed by atoms with Crippen LogP contribution in [0.3, 0.4) is 0 Å². The summed E-state index contributed by atoms with van der Waals surface area (Å²) in [7, 11) is -4.61. The van der Waals surface area contributed by atoms with E-state index in [0.29, 0.717) is 48.5 Å². The van der Waals surface area contributed by atoms with Crippen LogP contribution in [0.2, 0.25) is 0 Å². The highest BCUT2D eigenvalue weighted by atomic mass is 31.2. The maximum atomic E-state index is 13.1. The number of ether oxygens (including phenoxy) is 1. The Morgan fingerprint density at radius 2 is 1.83 bits per heavy atom. The van der Waals surface area contributed by atoms with Crippen LogP contribution in [0.1, 0.15) is 55.9 Å². The molecule has 14 heteroatoms. The molecule has 4 N–H and O–H groups in total. The van der Waals surface area contributed by atoms with Crippen molar-refractivity contribution in [3.63, 3.8) is 0 Å². The first-order valence-electron chi connectivity index (χ1n) is 13.4. The van der Waals surface area contributed by atoms with E-state index in [1.54, 1.807) is 31.3 Å². The van der Waals surface area contributed by atoms with Gasteiger partial charge in [0, 0.05) is 23.5 Å². The van der Waals surface area contributed by atoms with Crippen LogP contribution in [-0.4, -0.2) is 49.0 Å². The number of carbonyl (C=O) groups excluding carboxylic acids is 1. The number of carbonyl (C=O) groups is 1. The van der Waals surface area contributed by atoms with Crippen molar-refractivity contribution >= 4 is 25.4 Å². The van der Waals surface area contributed by atoms with E-state index in [9.17, 15) is 23.2 Å². The zero-order chi connectivity index (χ0) is 30.5. The molecule has 11 nitrogen and oxygen atoms in total. The lowest BCUT2D eigenvalue weighted by atomic mass is 9.73. The summed E-state index contributed by atoms with van der Waals surface area (Å²) in [4.78, 5) is 42.9. The number of phosphoric acid groups is 1. The summed E-state index contributed by atoms with van der Waals surface area (Å²) in [6.07, 6.45) is 2.42. The zero-order valence-corrected chi connectivity index (χ0v) is 24.0. The third kappa shape index (κ3) is 8.36. The quantitative estimate of drug-likeness (QED) is 0.129. The van der Waals surface area contributed by atoms with Crippen LogP contribution in [0.4, 0.5) is 20.4 Å². The molecule has 1 atom stereocenters. The van der Waals surface area contributed by atoms with Crippen molar-refractivity contribution in [3.05, 3.63) is 65.6 Å². The molecule has 4 rings (SSSR count). The molecule has 0 aromatic carbocycles. The van der Waals surface area contributed by atoms with Gasteiger partial charge in [0.25, 0.3) is 6.43 Å². The van der Waals surface area contributed by atoms with Gasteiger partial charge in [-0.15, -0.1) is 0 Å². The Morgan fingerprint density at radius 3 is 2.48 bits per heavy atom. The van der Waals surface area contributed by atoms with E-state index in [-0.39, 0.29) is 29.8 Å². The molecule has 226 valence electrons. The molecule has 42 heavy (non-hydrogen) atoms. The number of nitrogens with zero attached hydrogens (tertiary/aromatic N) is 3. The average molecular weight is 607 g/mol. The van der Waals surface area contributed by atoms with Gasteiger partial charge in [-0.3, -0.25) is 14.3 Å². The second-order valence-corrected chi connectivity index (χ2v) is 11.7. The molecule has 0 saturated heterocycles. The number of hydrogen-bond donors (Lipinski definition) is 4. The Morgan fingerprint density at radius 1 is 1.10 bits per heavy atom. The molecule has 1 aliphatic carbocycles. The minimum atomic E-state index is -4.61. The highest BCUT2D eigenvalue weighted by Gasteiger charge is 2.39. The normalized spacial score (nSPS) is 18.9. The van der Waals surface area contributed by atoms with Crippen molar-refractivity contribution in [2.75, 3.05) is 18.5 Å². The summed E-state index contributed by atoms with van der Waals surface area (Å²) >= 11 is 0. The summed E-state index contributed by atoms with van der Waals surface area (Å²) in [5.41, 5.74) is 1.26. The standard InChI is InChI=1S/C28H33F2N4O7P/c1-17-13-22(33-25(14-17)34-24-15-19(26(29)30)9-10-31-24)20-5-8-23(32-16-20)28(2,36)21-6-3-18(4-7-21)27(35)40-11-12-41-42(37,38)39/h5,8-10,13-16,18,21,26,36H,3-4,6-7,11-12H2,1-2H3,(H,31,33,34)(H2,37,38,39)/t18?,21?,28-/m1/s1. The van der Waals surface area contributed by atoms with Crippen LogP contribution < -0.4 is 5.32 Å². The third-order valence-corrected chi connectivity index (χ3v) is 7.80. The van der Waals surface area contributed by atoms with E-state index >= 15 is 0 Å². The highest BCUT2D eigenvalue weighted by molar-refractivity contribution is 7.46. The number of nitrogens with one attached hydrogen (secondary N) is 1. The number of aromatic nitrogens is 3. The Balaban J connectivity index is 1.37. The van der Waals surface area contributed by atoms with E-state index in [1.807, 2.05) is 13.0 Å². The number of aryl methyl sites for hydroxylation is 1. The predicted octanol–water partition coefficient (Wildman–Crippen LogP) is 5.19. The number of esters is 1. The molecular weight excluding hydrogens is 573 g/mol. The van der Waals surface area contributed by atoms with Gasteiger partial charge in [0.05, 0.1) is 23.9 Å². The van der Waals surface area contributed by atoms with Crippen molar-refractivity contribution in [2.24, 2.45) is 11.8 Å². The molecule has 0 unspecified atom stereocenters. The van der Waals surface area contributed by atoms with Crippen LogP contribution in [0, 0.1) is 18.8 Å². The highest BCUT2D eigenvalue weighted by Crippen LogP contribution is 2.41. The number of rotatable bonds is 11. The van der Waals surface area contributed by atoms with Crippen LogP contribution in [0.25, 0.3) is 11.3 Å². The van der Waals surface area contributed by atoms with E-state index in [4.69, 9.17) is 14.5 Å². The number of hydrogen-bond acceptors (Lipinski definition) is 9. The number of phosphoric ester groups is 1. The number of pyridine rings is 3. The summed E-state index contributed by atoms with van der Waals surface area (Å²) < 4.78 is 46.2. The predicted molar refractivity (Wildman–Crippen MR) is 149 cm³/mol. The van der Waals surface area contributed by atoms with E-state index < -0.39 is 32.4 Å². The Hall–Kier alpha value is -3.35. The van der Waals surface area contributed by atoms with Crippen LogP contribution in [0.5, 0.6) is 0 Å². The topological polar surface area (TPSA) is 164 Å². The fourth-order valence-corrected chi connectivity index (χ4v) is 5.34. The summed E-state index contributed by atoms with van der Waals surface area (Å²) in [5.74, 6) is -0.294. The molecule has 3 heterocycles. The largest absolute Gasteiger partial charge is 0.469 e. The number of alkyl halides is 2. The second-order valence-electron chi connectivity index (χ2n) is 10.4. The first-order chi connectivity index (χ1) is 19.8. The fraction of sp³-hybridized carbons (Fsp3) is 0.429. The van der Waals surface area contributed by atoms with Gasteiger partial charge in [0.15, 0.2) is 0 Å². The van der Waals surface area contributed by atoms with Crippen molar-refractivity contribution in [2.45, 2.75) is 51.6 Å². The monoisotopic (exact) mass is 606 g/mol. The first-order valence-corrected chi connectivity index (χ1v) is 14.9. The van der Waals surface area contributed by atoms with Gasteiger partial charge in [0.1, 0.15) is 23.8 Å². The molecular formula is C28H33F2N4O7P. The summed E-state index contributed by atoms with van der Waals surface area (Å²) in [6.45, 7) is 2.93. The van der Waals surface area contributed by atoms with Gasteiger partial charge in [-0.25, -0.2) is 23.3 Å². The molecule has 1 fully saturated rings. The number of halogens is 2. The Labute approximate surface area is 241 Å². The molecule has 0 amide bonds. The van der Waals surface area contributed by atoms with Gasteiger partial charge in [-0.1, -0.05) is 0 Å². The van der Waals surface area contributed by atoms with Crippen molar-refractivity contribution in [3.8, 4) is 11.3 Å². The summed E-state index contributed by atoms with van der Waals surface area (Å²) in [5, 5.41) is 14.4. The molecule has 1 aliphatic rings. The SMILES string of the molecule is Cc1cc(Nc2cc(C(F)F)ccn2)nc(-c2ccc([C@](C)(O)C3CCC(C(=O)OCCOP(=O)(O)O)CC3)nc2)c1. The molecule has 0 radical (unpaired) electrons. The Bertz CT molecular complexity index is 1430. The second kappa shape index (κ2) is 13.3. The lowest BCUT2D eigenvalue weighted by Gasteiger charge is -2.37. The van der Waals surface area contributed by atoms with Gasteiger partial charge in [-0.2, -0.15) is 0 Å². The minimum Gasteiger partial charge on any atom is -0.463 e. The van der Waals surface area contributed by atoms with Crippen LogP contribution >= 0.6 is 7.82 Å². The lowest BCUT2D eigenvalue weighted by molar-refractivity contribution is -0.152. The van der Waals surface area contributed by atoms with E-state index in [0.717, 1.165) is 5.56 Å². The molecule has 0 aliphatic heterocycles. The maximum Gasteiger partial charge on any atom is 0.469 e. The Kier molecular flexibility index (Phi) is 10.0.